The van der Waals surface area contributed by atoms with Crippen molar-refractivity contribution in [2.75, 3.05) is 0 Å². The molecule has 0 atom stereocenters. The van der Waals surface area contributed by atoms with Gasteiger partial charge in [-0.25, -0.2) is 4.68 Å². The standard InChI is InChI=1S/C14H13N3OS/c1-9-4-5-19-13(9)8-16-17-11(3)6-10(2)12(7-15)14(17)18/h4-6,8H,1-3H3. The van der Waals surface area contributed by atoms with Crippen LogP contribution in [0.3, 0.4) is 0 Å². The van der Waals surface area contributed by atoms with Gasteiger partial charge in [-0.2, -0.15) is 10.4 Å². The molecule has 5 heteroatoms. The lowest BCUT2D eigenvalue weighted by atomic mass is 10.1. The van der Waals surface area contributed by atoms with Crippen LogP contribution in [0, 0.1) is 32.1 Å². The molecule has 2 aromatic heterocycles. The summed E-state index contributed by atoms with van der Waals surface area (Å²) in [4.78, 5) is 13.1. The van der Waals surface area contributed by atoms with Crippen LogP contribution >= 0.6 is 11.3 Å². The van der Waals surface area contributed by atoms with Gasteiger partial charge in [-0.3, -0.25) is 4.79 Å². The molecule has 0 N–H and O–H groups in total. The molecular formula is C14H13N3OS. The minimum Gasteiger partial charge on any atom is -0.266 e. The minimum absolute atomic E-state index is 0.144. The molecule has 0 unspecified atom stereocenters. The number of pyridine rings is 1. The SMILES string of the molecule is Cc1ccsc1C=Nn1c(C)cc(C)c(C#N)c1=O. The summed E-state index contributed by atoms with van der Waals surface area (Å²) in [5.74, 6) is 0. The second kappa shape index (κ2) is 5.21. The highest BCUT2D eigenvalue weighted by Gasteiger charge is 2.09. The number of hydrogen-bond donors (Lipinski definition) is 0. The van der Waals surface area contributed by atoms with Gasteiger partial charge in [0.15, 0.2) is 0 Å². The van der Waals surface area contributed by atoms with Crippen LogP contribution in [-0.4, -0.2) is 10.9 Å². The van der Waals surface area contributed by atoms with Gasteiger partial charge in [-0.15, -0.1) is 11.3 Å². The van der Waals surface area contributed by atoms with Gasteiger partial charge in [0.1, 0.15) is 11.6 Å². The molecule has 0 radical (unpaired) electrons. The van der Waals surface area contributed by atoms with Crippen molar-refractivity contribution in [3.63, 3.8) is 0 Å². The van der Waals surface area contributed by atoms with E-state index in [0.29, 0.717) is 11.3 Å². The third kappa shape index (κ3) is 2.49. The molecule has 96 valence electrons. The highest BCUT2D eigenvalue weighted by atomic mass is 32.1. The first-order valence-electron chi connectivity index (χ1n) is 5.76. The number of rotatable bonds is 2. The maximum atomic E-state index is 12.1. The average Bonchev–Trinajstić information content (AvgIpc) is 2.75. The zero-order chi connectivity index (χ0) is 14.0. The van der Waals surface area contributed by atoms with E-state index < -0.39 is 0 Å². The van der Waals surface area contributed by atoms with Gasteiger partial charge in [-0.05, 0) is 49.4 Å². The number of nitrogens with zero attached hydrogens (tertiary/aromatic N) is 3. The van der Waals surface area contributed by atoms with Crippen molar-refractivity contribution in [2.45, 2.75) is 20.8 Å². The summed E-state index contributed by atoms with van der Waals surface area (Å²) in [6.07, 6.45) is 1.66. The summed E-state index contributed by atoms with van der Waals surface area (Å²) < 4.78 is 1.27. The van der Waals surface area contributed by atoms with Crippen LogP contribution in [-0.2, 0) is 0 Å². The van der Waals surface area contributed by atoms with Crippen molar-refractivity contribution in [2.24, 2.45) is 5.10 Å². The molecule has 0 saturated heterocycles. The topological polar surface area (TPSA) is 58.1 Å². The smallest absolute Gasteiger partial charge is 0.266 e. The van der Waals surface area contributed by atoms with Crippen LogP contribution < -0.4 is 5.56 Å². The van der Waals surface area contributed by atoms with Gasteiger partial charge >= 0.3 is 0 Å². The third-order valence-electron chi connectivity index (χ3n) is 2.86. The summed E-state index contributed by atoms with van der Waals surface area (Å²) in [5, 5.41) is 15.2. The van der Waals surface area contributed by atoms with Gasteiger partial charge in [0.2, 0.25) is 0 Å². The molecule has 4 nitrogen and oxygen atoms in total. The molecule has 0 bridgehead atoms. The fourth-order valence-electron chi connectivity index (χ4n) is 1.79. The zero-order valence-electron chi connectivity index (χ0n) is 11.0. The number of aryl methyl sites for hydroxylation is 3. The minimum atomic E-state index is -0.370. The number of thiophene rings is 1. The predicted molar refractivity (Wildman–Crippen MR) is 76.9 cm³/mol. The van der Waals surface area contributed by atoms with Crippen LogP contribution in [0.25, 0.3) is 0 Å². The van der Waals surface area contributed by atoms with E-state index in [4.69, 9.17) is 5.26 Å². The first kappa shape index (κ1) is 13.2. The Bertz CT molecular complexity index is 747. The average molecular weight is 271 g/mol. The van der Waals surface area contributed by atoms with E-state index in [2.05, 4.69) is 5.10 Å². The molecule has 0 fully saturated rings. The van der Waals surface area contributed by atoms with Gasteiger partial charge in [0.25, 0.3) is 5.56 Å². The van der Waals surface area contributed by atoms with Crippen molar-refractivity contribution in [1.82, 2.24) is 4.68 Å². The first-order valence-corrected chi connectivity index (χ1v) is 6.64. The van der Waals surface area contributed by atoms with Crippen LogP contribution in [0.15, 0.2) is 27.4 Å². The molecule has 0 spiro atoms. The van der Waals surface area contributed by atoms with E-state index in [1.807, 2.05) is 24.4 Å². The van der Waals surface area contributed by atoms with Crippen molar-refractivity contribution in [3.05, 3.63) is 55.1 Å². The maximum absolute atomic E-state index is 12.1. The Balaban J connectivity index is 2.53. The second-order valence-corrected chi connectivity index (χ2v) is 5.23. The first-order chi connectivity index (χ1) is 9.04. The summed E-state index contributed by atoms with van der Waals surface area (Å²) >= 11 is 1.56. The molecule has 0 aliphatic carbocycles. The maximum Gasteiger partial charge on any atom is 0.289 e. The molecule has 0 amide bonds. The zero-order valence-corrected chi connectivity index (χ0v) is 11.8. The van der Waals surface area contributed by atoms with E-state index in [-0.39, 0.29) is 11.1 Å². The molecule has 0 aliphatic rings. The summed E-state index contributed by atoms with van der Waals surface area (Å²) in [5.41, 5.74) is 2.29. The summed E-state index contributed by atoms with van der Waals surface area (Å²) in [6.45, 7) is 5.54. The summed E-state index contributed by atoms with van der Waals surface area (Å²) in [7, 11) is 0. The number of aromatic nitrogens is 1. The van der Waals surface area contributed by atoms with Crippen molar-refractivity contribution in [1.29, 1.82) is 5.26 Å². The van der Waals surface area contributed by atoms with Gasteiger partial charge in [0.05, 0.1) is 11.1 Å². The van der Waals surface area contributed by atoms with Gasteiger partial charge in [-0.1, -0.05) is 0 Å². The summed E-state index contributed by atoms with van der Waals surface area (Å²) in [6, 6.07) is 5.72. The predicted octanol–water partition coefficient (Wildman–Crippen LogP) is 2.59. The van der Waals surface area contributed by atoms with Gasteiger partial charge in [0, 0.05) is 5.69 Å². The molecule has 0 aliphatic heterocycles. The Kier molecular flexibility index (Phi) is 3.63. The Morgan fingerprint density at radius 3 is 2.68 bits per heavy atom. The Morgan fingerprint density at radius 1 is 1.37 bits per heavy atom. The molecule has 0 aromatic carbocycles. The second-order valence-electron chi connectivity index (χ2n) is 4.28. The Labute approximate surface area is 115 Å². The van der Waals surface area contributed by atoms with E-state index in [1.165, 1.54) is 4.68 Å². The normalized spacial score (nSPS) is 10.8. The largest absolute Gasteiger partial charge is 0.289 e. The monoisotopic (exact) mass is 271 g/mol. The van der Waals surface area contributed by atoms with Crippen LogP contribution in [0.2, 0.25) is 0 Å². The van der Waals surface area contributed by atoms with Crippen LogP contribution in [0.5, 0.6) is 0 Å². The molecule has 2 rings (SSSR count). The van der Waals surface area contributed by atoms with E-state index >= 15 is 0 Å². The van der Waals surface area contributed by atoms with Crippen LogP contribution in [0.1, 0.15) is 27.3 Å². The lowest BCUT2D eigenvalue weighted by molar-refractivity contribution is 0.787. The Morgan fingerprint density at radius 2 is 2.11 bits per heavy atom. The van der Waals surface area contributed by atoms with E-state index in [1.54, 1.807) is 37.5 Å². The van der Waals surface area contributed by atoms with Crippen molar-refractivity contribution < 1.29 is 0 Å². The molecule has 19 heavy (non-hydrogen) atoms. The molecule has 2 aromatic rings. The molecule has 0 saturated carbocycles. The van der Waals surface area contributed by atoms with E-state index in [9.17, 15) is 4.79 Å². The molecular weight excluding hydrogens is 258 g/mol. The van der Waals surface area contributed by atoms with Gasteiger partial charge < -0.3 is 0 Å². The van der Waals surface area contributed by atoms with Crippen molar-refractivity contribution >= 4 is 17.6 Å². The molecule has 2 heterocycles. The Hall–Kier alpha value is -2.19. The quantitative estimate of drug-likeness (QED) is 0.788. The fraction of sp³-hybridized carbons (Fsp3) is 0.214. The lowest BCUT2D eigenvalue weighted by Gasteiger charge is -2.05. The van der Waals surface area contributed by atoms with Crippen LogP contribution in [0.4, 0.5) is 0 Å². The number of hydrogen-bond acceptors (Lipinski definition) is 4. The third-order valence-corrected chi connectivity index (χ3v) is 3.82. The highest BCUT2D eigenvalue weighted by molar-refractivity contribution is 7.11. The lowest BCUT2D eigenvalue weighted by Crippen LogP contribution is -2.22. The van der Waals surface area contributed by atoms with Crippen molar-refractivity contribution in [3.8, 4) is 6.07 Å². The number of nitriles is 1. The highest BCUT2D eigenvalue weighted by Crippen LogP contribution is 2.13. The van der Waals surface area contributed by atoms with E-state index in [0.717, 1.165) is 10.4 Å². The fourth-order valence-corrected chi connectivity index (χ4v) is 2.57.